The third kappa shape index (κ3) is 8.35. The summed E-state index contributed by atoms with van der Waals surface area (Å²) in [5.41, 5.74) is -3.57. The Kier molecular flexibility index (Phi) is 9.99. The predicted molar refractivity (Wildman–Crippen MR) is 147 cm³/mol. The quantitative estimate of drug-likeness (QED) is 0.0332. The zero-order valence-electron chi connectivity index (χ0n) is 22.2. The van der Waals surface area contributed by atoms with Crippen molar-refractivity contribution in [3.8, 4) is 22.6 Å². The van der Waals surface area contributed by atoms with Crippen molar-refractivity contribution in [2.75, 3.05) is 0 Å². The molecule has 0 saturated heterocycles. The molecule has 0 bridgehead atoms. The molecule has 4 aromatic rings. The predicted octanol–water partition coefficient (Wildman–Crippen LogP) is 9.31. The highest BCUT2D eigenvalue weighted by molar-refractivity contribution is 7.94. The van der Waals surface area contributed by atoms with Gasteiger partial charge >= 0.3 is 12.4 Å². The van der Waals surface area contributed by atoms with E-state index in [1.807, 2.05) is 0 Å². The number of nitrogens with zero attached hydrogens (tertiary/aromatic N) is 4. The van der Waals surface area contributed by atoms with E-state index in [-0.39, 0.29) is 27.4 Å². The Balaban J connectivity index is 1.70. The minimum absolute atomic E-state index is 0.0278. The summed E-state index contributed by atoms with van der Waals surface area (Å²) < 4.78 is 117. The number of benzene rings is 4. The van der Waals surface area contributed by atoms with Gasteiger partial charge in [-0.1, -0.05) is 17.2 Å². The van der Waals surface area contributed by atoms with Crippen LogP contribution in [0.2, 0.25) is 0 Å². The lowest BCUT2D eigenvalue weighted by atomic mass is 10.0. The maximum Gasteiger partial charge on any atom is 0.420 e. The summed E-state index contributed by atoms with van der Waals surface area (Å²) in [7, 11) is -4.98. The van der Waals surface area contributed by atoms with Gasteiger partial charge in [-0.05, 0) is 71.8 Å². The van der Waals surface area contributed by atoms with Gasteiger partial charge in [0.1, 0.15) is 27.8 Å². The molecule has 0 fully saturated rings. The van der Waals surface area contributed by atoms with Crippen LogP contribution in [-0.4, -0.2) is 28.4 Å². The molecule has 0 amide bonds. The second-order valence-corrected chi connectivity index (χ2v) is 11.0. The number of phenolic OH excluding ortho intramolecular Hbond substituents is 2. The summed E-state index contributed by atoms with van der Waals surface area (Å²) in [6, 6.07) is 11.9. The van der Waals surface area contributed by atoms with Crippen LogP contribution in [0.25, 0.3) is 11.1 Å². The SMILES string of the molecule is O=S(=O)(O)c1cc(-c2ccc(/N=N/c3ccc(O)c(C(F)(F)F)c3)c(SOOO)c2)ccc1/N=N/c1ccc(O)c(C(F)(F)F)c1. The summed E-state index contributed by atoms with van der Waals surface area (Å²) in [4.78, 5) is -0.751. The van der Waals surface area contributed by atoms with Crippen LogP contribution in [0.15, 0.2) is 103 Å². The van der Waals surface area contributed by atoms with Crippen LogP contribution in [0.5, 0.6) is 11.5 Å². The smallest absolute Gasteiger partial charge is 0.420 e. The van der Waals surface area contributed by atoms with E-state index >= 15 is 0 Å². The fraction of sp³-hybridized carbons (Fsp3) is 0.0769. The Morgan fingerprint density at radius 3 is 1.61 bits per heavy atom. The molecule has 0 spiro atoms. The van der Waals surface area contributed by atoms with Gasteiger partial charge in [-0.3, -0.25) is 4.55 Å². The number of phenols is 2. The minimum atomic E-state index is -4.98. The highest BCUT2D eigenvalue weighted by atomic mass is 32.2. The van der Waals surface area contributed by atoms with Gasteiger partial charge in [-0.15, -0.1) is 14.6 Å². The van der Waals surface area contributed by atoms with Gasteiger partial charge in [0.25, 0.3) is 10.1 Å². The van der Waals surface area contributed by atoms with E-state index in [0.717, 1.165) is 36.4 Å². The van der Waals surface area contributed by atoms with Gasteiger partial charge < -0.3 is 10.2 Å². The lowest BCUT2D eigenvalue weighted by Gasteiger charge is -2.10. The third-order valence-corrected chi connectivity index (χ3v) is 7.32. The van der Waals surface area contributed by atoms with Gasteiger partial charge in [0.05, 0.1) is 39.4 Å². The Bertz CT molecular complexity index is 1940. The zero-order valence-corrected chi connectivity index (χ0v) is 23.9. The molecule has 4 N–H and O–H groups in total. The average Bonchev–Trinajstić information content (AvgIpc) is 2.97. The molecule has 0 saturated carbocycles. The monoisotopic (exact) mass is 690 g/mol. The van der Waals surface area contributed by atoms with Gasteiger partial charge in [0, 0.05) is 0 Å². The molecule has 0 aliphatic carbocycles. The first-order valence-electron chi connectivity index (χ1n) is 12.0. The van der Waals surface area contributed by atoms with Crippen LogP contribution in [-0.2, 0) is 31.8 Å². The van der Waals surface area contributed by atoms with Crippen molar-refractivity contribution in [2.45, 2.75) is 22.1 Å². The molecule has 0 atom stereocenters. The topological polar surface area (TPSA) is 183 Å². The Morgan fingerprint density at radius 1 is 0.652 bits per heavy atom. The molecule has 0 radical (unpaired) electrons. The van der Waals surface area contributed by atoms with E-state index in [0.29, 0.717) is 24.2 Å². The van der Waals surface area contributed by atoms with Crippen LogP contribution < -0.4 is 0 Å². The van der Waals surface area contributed by atoms with Crippen molar-refractivity contribution in [3.63, 3.8) is 0 Å². The largest absolute Gasteiger partial charge is 0.507 e. The maximum atomic E-state index is 13.1. The number of hydrogen-bond acceptors (Lipinski definition) is 12. The molecular weight excluding hydrogens is 674 g/mol. The van der Waals surface area contributed by atoms with Crippen LogP contribution in [0.4, 0.5) is 49.1 Å². The normalized spacial score (nSPS) is 12.8. The molecular formula is C26H16F6N4O8S2. The molecule has 12 nitrogen and oxygen atoms in total. The highest BCUT2D eigenvalue weighted by Crippen LogP contribution is 2.41. The molecule has 0 aromatic heterocycles. The number of rotatable bonds is 9. The molecule has 0 aliphatic rings. The number of hydrogen-bond donors (Lipinski definition) is 4. The van der Waals surface area contributed by atoms with E-state index in [1.54, 1.807) is 0 Å². The third-order valence-electron chi connectivity index (χ3n) is 5.80. The van der Waals surface area contributed by atoms with Gasteiger partial charge in [-0.25, -0.2) is 5.26 Å². The van der Waals surface area contributed by atoms with Crippen LogP contribution in [0.1, 0.15) is 11.1 Å². The minimum Gasteiger partial charge on any atom is -0.507 e. The van der Waals surface area contributed by atoms with E-state index in [9.17, 15) is 49.5 Å². The van der Waals surface area contributed by atoms with Gasteiger partial charge in [0.2, 0.25) is 0 Å². The van der Waals surface area contributed by atoms with E-state index in [2.05, 4.69) is 29.8 Å². The first-order chi connectivity index (χ1) is 21.5. The van der Waals surface area contributed by atoms with Crippen molar-refractivity contribution in [1.29, 1.82) is 0 Å². The number of aromatic hydroxyl groups is 2. The first-order valence-corrected chi connectivity index (χ1v) is 14.2. The fourth-order valence-corrected chi connectivity index (χ4v) is 4.85. The van der Waals surface area contributed by atoms with Gasteiger partial charge in [0.15, 0.2) is 0 Å². The van der Waals surface area contributed by atoms with Crippen LogP contribution in [0, 0.1) is 0 Å². The molecule has 20 heteroatoms. The first kappa shape index (κ1) is 34.3. The summed E-state index contributed by atoms with van der Waals surface area (Å²) in [5.74, 6) is -2.08. The lowest BCUT2D eigenvalue weighted by molar-refractivity contribution is -0.432. The Hall–Kier alpha value is -4.60. The molecule has 46 heavy (non-hydrogen) atoms. The van der Waals surface area contributed by atoms with Crippen LogP contribution >= 0.6 is 12.0 Å². The molecule has 0 heterocycles. The van der Waals surface area contributed by atoms with Crippen molar-refractivity contribution in [2.24, 2.45) is 20.5 Å². The summed E-state index contributed by atoms with van der Waals surface area (Å²) in [6.07, 6.45) is -9.79. The second-order valence-electron chi connectivity index (χ2n) is 8.86. The lowest BCUT2D eigenvalue weighted by Crippen LogP contribution is -2.04. The average molecular weight is 691 g/mol. The molecule has 4 rings (SSSR count). The van der Waals surface area contributed by atoms with E-state index in [4.69, 9.17) is 5.26 Å². The molecule has 0 aliphatic heterocycles. The van der Waals surface area contributed by atoms with Crippen molar-refractivity contribution < 1.29 is 64.2 Å². The second kappa shape index (κ2) is 13.4. The van der Waals surface area contributed by atoms with Crippen molar-refractivity contribution in [3.05, 3.63) is 83.9 Å². The summed E-state index contributed by atoms with van der Waals surface area (Å²) >= 11 is 0.378. The number of azo groups is 2. The molecule has 0 unspecified atom stereocenters. The van der Waals surface area contributed by atoms with Crippen molar-refractivity contribution in [1.82, 2.24) is 0 Å². The number of halogens is 6. The van der Waals surface area contributed by atoms with E-state index in [1.165, 1.54) is 24.3 Å². The Labute approximate surface area is 258 Å². The standard InChI is InChI=1S/C26H16F6N4O8S2/c27-25(28,29)17-11-15(3-7-21(17)37)33-35-19-5-1-13(9-23(19)45-44-43-39)14-2-6-20(24(10-14)46(40,41)42)36-34-16-4-8-22(38)18(12-16)26(30,31)32/h1-12,37-39H,(H,40,41,42)/b35-33+,36-34+. The van der Waals surface area contributed by atoms with Gasteiger partial charge in [-0.2, -0.15) is 45.0 Å². The van der Waals surface area contributed by atoms with E-state index < -0.39 is 61.4 Å². The zero-order chi connectivity index (χ0) is 33.9. The van der Waals surface area contributed by atoms with Crippen molar-refractivity contribution >= 4 is 44.9 Å². The Morgan fingerprint density at radius 2 is 1.13 bits per heavy atom. The fourth-order valence-electron chi connectivity index (χ4n) is 3.73. The highest BCUT2D eigenvalue weighted by Gasteiger charge is 2.35. The summed E-state index contributed by atoms with van der Waals surface area (Å²) in [5, 5.41) is 45.9. The summed E-state index contributed by atoms with van der Waals surface area (Å²) in [6.45, 7) is 0. The number of alkyl halides is 6. The maximum absolute atomic E-state index is 13.1. The molecule has 4 aromatic carbocycles. The molecule has 242 valence electrons. The van der Waals surface area contributed by atoms with Crippen LogP contribution in [0.3, 0.4) is 0 Å².